The van der Waals surface area contributed by atoms with Crippen molar-refractivity contribution in [2.75, 3.05) is 6.61 Å². The van der Waals surface area contributed by atoms with Gasteiger partial charge in [0.15, 0.2) is 0 Å². The predicted octanol–water partition coefficient (Wildman–Crippen LogP) is 1.19. The van der Waals surface area contributed by atoms with Crippen LogP contribution in [0.25, 0.3) is 0 Å². The molecule has 98 valence electrons. The van der Waals surface area contributed by atoms with E-state index >= 15 is 0 Å². The monoisotopic (exact) mass is 243 g/mol. The normalized spacial score (nSPS) is 15.7. The number of carbonyl (C=O) groups is 2. The number of hydrogen-bond donors (Lipinski definition) is 2. The van der Waals surface area contributed by atoms with Crippen molar-refractivity contribution in [2.45, 2.75) is 39.3 Å². The van der Waals surface area contributed by atoms with E-state index in [9.17, 15) is 9.59 Å². The van der Waals surface area contributed by atoms with Gasteiger partial charge in [-0.25, -0.2) is 0 Å². The average Bonchev–Trinajstić information content (AvgIpc) is 2.27. The first-order chi connectivity index (χ1) is 7.90. The second-order valence-corrected chi connectivity index (χ2v) is 4.01. The number of amides is 1. The minimum Gasteiger partial charge on any atom is -0.481 e. The summed E-state index contributed by atoms with van der Waals surface area (Å²) in [6.07, 6.45) is 1.80. The zero-order chi connectivity index (χ0) is 13.4. The van der Waals surface area contributed by atoms with Crippen LogP contribution in [0.4, 0.5) is 0 Å². The molecule has 0 saturated carbocycles. The van der Waals surface area contributed by atoms with Crippen molar-refractivity contribution >= 4 is 11.9 Å². The molecule has 5 heteroatoms. The van der Waals surface area contributed by atoms with E-state index < -0.39 is 24.0 Å². The highest BCUT2D eigenvalue weighted by atomic mass is 16.5. The lowest BCUT2D eigenvalue weighted by molar-refractivity contribution is -0.142. The number of carboxylic acids is 1. The summed E-state index contributed by atoms with van der Waals surface area (Å²) in [5, 5.41) is 11.4. The van der Waals surface area contributed by atoms with E-state index in [0.717, 1.165) is 0 Å². The van der Waals surface area contributed by atoms with Crippen molar-refractivity contribution in [1.82, 2.24) is 5.32 Å². The number of aliphatic carboxylic acids is 1. The van der Waals surface area contributed by atoms with Gasteiger partial charge in [0.25, 0.3) is 0 Å². The van der Waals surface area contributed by atoms with Crippen LogP contribution in [0.2, 0.25) is 0 Å². The zero-order valence-corrected chi connectivity index (χ0v) is 10.6. The van der Waals surface area contributed by atoms with Crippen molar-refractivity contribution < 1.29 is 19.4 Å². The van der Waals surface area contributed by atoms with E-state index in [1.807, 2.05) is 0 Å². The van der Waals surface area contributed by atoms with Gasteiger partial charge in [0.2, 0.25) is 5.91 Å². The molecule has 0 aliphatic carbocycles. The molecule has 17 heavy (non-hydrogen) atoms. The Morgan fingerprint density at radius 1 is 1.41 bits per heavy atom. The van der Waals surface area contributed by atoms with Crippen LogP contribution in [0.3, 0.4) is 0 Å². The van der Waals surface area contributed by atoms with E-state index in [2.05, 4.69) is 11.9 Å². The molecular weight excluding hydrogens is 222 g/mol. The Labute approximate surface area is 102 Å². The molecule has 0 aromatic heterocycles. The van der Waals surface area contributed by atoms with Crippen molar-refractivity contribution in [2.24, 2.45) is 5.92 Å². The van der Waals surface area contributed by atoms with Crippen molar-refractivity contribution in [3.05, 3.63) is 12.7 Å². The van der Waals surface area contributed by atoms with Crippen LogP contribution in [-0.2, 0) is 14.3 Å². The van der Waals surface area contributed by atoms with Crippen molar-refractivity contribution in [3.8, 4) is 0 Å². The van der Waals surface area contributed by atoms with Crippen LogP contribution >= 0.6 is 0 Å². The highest BCUT2D eigenvalue weighted by molar-refractivity contribution is 5.81. The quantitative estimate of drug-likeness (QED) is 0.496. The molecule has 0 bridgehead atoms. The fourth-order valence-corrected chi connectivity index (χ4v) is 1.08. The minimum absolute atomic E-state index is 0.297. The highest BCUT2D eigenvalue weighted by Crippen LogP contribution is 2.03. The lowest BCUT2D eigenvalue weighted by Gasteiger charge is -2.20. The molecule has 0 rings (SSSR count). The molecule has 0 saturated heterocycles. The van der Waals surface area contributed by atoms with Gasteiger partial charge in [-0.05, 0) is 27.2 Å². The topological polar surface area (TPSA) is 75.6 Å². The molecular formula is C12H21NO4. The summed E-state index contributed by atoms with van der Waals surface area (Å²) in [5.41, 5.74) is 0. The van der Waals surface area contributed by atoms with Gasteiger partial charge in [0, 0.05) is 6.04 Å². The molecule has 0 radical (unpaired) electrons. The van der Waals surface area contributed by atoms with Crippen LogP contribution in [0.15, 0.2) is 12.7 Å². The van der Waals surface area contributed by atoms with Crippen LogP contribution in [0, 0.1) is 5.92 Å². The van der Waals surface area contributed by atoms with Gasteiger partial charge in [-0.1, -0.05) is 6.08 Å². The van der Waals surface area contributed by atoms with Crippen LogP contribution < -0.4 is 5.32 Å². The van der Waals surface area contributed by atoms with Crippen molar-refractivity contribution in [3.63, 3.8) is 0 Å². The third kappa shape index (κ3) is 6.06. The first-order valence-corrected chi connectivity index (χ1v) is 5.65. The molecule has 3 atom stereocenters. The van der Waals surface area contributed by atoms with Gasteiger partial charge in [-0.15, -0.1) is 6.58 Å². The highest BCUT2D eigenvalue weighted by Gasteiger charge is 2.23. The molecule has 0 aliphatic rings. The van der Waals surface area contributed by atoms with Crippen LogP contribution in [-0.4, -0.2) is 35.7 Å². The average molecular weight is 243 g/mol. The van der Waals surface area contributed by atoms with E-state index in [-0.39, 0.29) is 5.91 Å². The maximum Gasteiger partial charge on any atom is 0.308 e. The lowest BCUT2D eigenvalue weighted by Crippen LogP contribution is -2.44. The first kappa shape index (κ1) is 15.6. The molecule has 0 aliphatic heterocycles. The zero-order valence-electron chi connectivity index (χ0n) is 10.6. The summed E-state index contributed by atoms with van der Waals surface area (Å²) in [7, 11) is 0. The molecule has 0 aromatic carbocycles. The molecule has 0 heterocycles. The van der Waals surface area contributed by atoms with Gasteiger partial charge in [0.05, 0.1) is 12.5 Å². The van der Waals surface area contributed by atoms with Crippen molar-refractivity contribution in [1.29, 1.82) is 0 Å². The maximum absolute atomic E-state index is 11.6. The van der Waals surface area contributed by atoms with Gasteiger partial charge in [-0.2, -0.15) is 0 Å². The third-order valence-corrected chi connectivity index (χ3v) is 2.57. The summed E-state index contributed by atoms with van der Waals surface area (Å²) < 4.78 is 5.25. The first-order valence-electron chi connectivity index (χ1n) is 5.65. The van der Waals surface area contributed by atoms with E-state index in [1.54, 1.807) is 26.8 Å². The molecule has 1 amide bonds. The molecule has 5 nitrogen and oxygen atoms in total. The third-order valence-electron chi connectivity index (χ3n) is 2.57. The number of carbonyl (C=O) groups excluding carboxylic acids is 1. The Hall–Kier alpha value is -1.36. The molecule has 0 aromatic rings. The standard InChI is InChI=1S/C12H21NO4/c1-5-6-7-17-10(4)11(14)13-9(3)8(2)12(15)16/h5,8-10H,1,6-7H2,2-4H3,(H,13,14)(H,15,16). The largest absolute Gasteiger partial charge is 0.481 e. The van der Waals surface area contributed by atoms with Gasteiger partial charge < -0.3 is 15.2 Å². The molecule has 0 spiro atoms. The molecule has 3 unspecified atom stereocenters. The second kappa shape index (κ2) is 7.84. The number of nitrogens with one attached hydrogen (secondary N) is 1. The Morgan fingerprint density at radius 3 is 2.47 bits per heavy atom. The fourth-order valence-electron chi connectivity index (χ4n) is 1.08. The molecule has 2 N–H and O–H groups in total. The van der Waals surface area contributed by atoms with E-state index in [1.165, 1.54) is 0 Å². The Bertz CT molecular complexity index is 278. The fraction of sp³-hybridized carbons (Fsp3) is 0.667. The Kier molecular flexibility index (Phi) is 7.21. The van der Waals surface area contributed by atoms with Gasteiger partial charge in [0.1, 0.15) is 6.10 Å². The SMILES string of the molecule is C=CCCOC(C)C(=O)NC(C)C(C)C(=O)O. The number of carboxylic acid groups (broad SMARTS) is 1. The number of rotatable bonds is 8. The van der Waals surface area contributed by atoms with Crippen LogP contribution in [0.1, 0.15) is 27.2 Å². The summed E-state index contributed by atoms with van der Waals surface area (Å²) in [6, 6.07) is -0.426. The van der Waals surface area contributed by atoms with Gasteiger partial charge in [-0.3, -0.25) is 9.59 Å². The lowest BCUT2D eigenvalue weighted by atomic mass is 10.0. The van der Waals surface area contributed by atoms with Gasteiger partial charge >= 0.3 is 5.97 Å². The second-order valence-electron chi connectivity index (χ2n) is 4.01. The Morgan fingerprint density at radius 2 is 2.00 bits per heavy atom. The summed E-state index contributed by atoms with van der Waals surface area (Å²) in [6.45, 7) is 8.83. The predicted molar refractivity (Wildman–Crippen MR) is 64.6 cm³/mol. The molecule has 0 fully saturated rings. The maximum atomic E-state index is 11.6. The summed E-state index contributed by atoms with van der Waals surface area (Å²) in [5.74, 6) is -1.85. The number of ether oxygens (including phenoxy) is 1. The summed E-state index contributed by atoms with van der Waals surface area (Å²) >= 11 is 0. The number of hydrogen-bond acceptors (Lipinski definition) is 3. The Balaban J connectivity index is 4.06. The smallest absolute Gasteiger partial charge is 0.308 e. The van der Waals surface area contributed by atoms with E-state index in [4.69, 9.17) is 9.84 Å². The summed E-state index contributed by atoms with van der Waals surface area (Å²) in [4.78, 5) is 22.3. The van der Waals surface area contributed by atoms with Crippen LogP contribution in [0.5, 0.6) is 0 Å². The van der Waals surface area contributed by atoms with E-state index in [0.29, 0.717) is 13.0 Å². The minimum atomic E-state index is -0.932.